The Morgan fingerprint density at radius 2 is 2.44 bits per heavy atom. The van der Waals surface area contributed by atoms with Crippen molar-refractivity contribution in [1.82, 2.24) is 15.3 Å². The number of amidine groups is 1. The summed E-state index contributed by atoms with van der Waals surface area (Å²) < 4.78 is 0. The van der Waals surface area contributed by atoms with Crippen LogP contribution in [0.3, 0.4) is 0 Å². The fraction of sp³-hybridized carbons (Fsp3) is 0.545. The monoisotopic (exact) mass is 253 g/mol. The lowest BCUT2D eigenvalue weighted by atomic mass is 9.85. The fourth-order valence-electron chi connectivity index (χ4n) is 1.49. The molecule has 7 nitrogen and oxygen atoms in total. The third-order valence-corrected chi connectivity index (χ3v) is 3.08. The van der Waals surface area contributed by atoms with Crippen LogP contribution in [0.2, 0.25) is 0 Å². The number of carbonyl (C=O) groups excluding carboxylic acids is 1. The SMILES string of the molecule is CCC(C)(C(=O)NCCc1ncc[nH]1)/C(N)=N/O. The van der Waals surface area contributed by atoms with E-state index in [1.54, 1.807) is 19.3 Å². The maximum Gasteiger partial charge on any atom is 0.233 e. The Bertz CT molecular complexity index is 415. The van der Waals surface area contributed by atoms with E-state index in [1.807, 2.05) is 6.92 Å². The minimum Gasteiger partial charge on any atom is -0.409 e. The molecule has 0 saturated carbocycles. The van der Waals surface area contributed by atoms with E-state index < -0.39 is 5.41 Å². The number of carbonyl (C=O) groups is 1. The number of H-pyrrole nitrogens is 1. The van der Waals surface area contributed by atoms with Crippen molar-refractivity contribution in [3.63, 3.8) is 0 Å². The van der Waals surface area contributed by atoms with Gasteiger partial charge in [-0.15, -0.1) is 0 Å². The summed E-state index contributed by atoms with van der Waals surface area (Å²) in [5.74, 6) is 0.463. The molecule has 1 aromatic rings. The molecule has 0 saturated heterocycles. The summed E-state index contributed by atoms with van der Waals surface area (Å²) in [6.45, 7) is 3.90. The Kier molecular flexibility index (Phi) is 4.70. The number of nitrogens with two attached hydrogens (primary N) is 1. The Hall–Kier alpha value is -2.05. The van der Waals surface area contributed by atoms with E-state index in [0.29, 0.717) is 19.4 Å². The van der Waals surface area contributed by atoms with E-state index in [-0.39, 0.29) is 11.7 Å². The van der Waals surface area contributed by atoms with Gasteiger partial charge in [0.2, 0.25) is 5.91 Å². The summed E-state index contributed by atoms with van der Waals surface area (Å²) in [6.07, 6.45) is 4.44. The number of amides is 1. The number of hydrogen-bond acceptors (Lipinski definition) is 4. The predicted molar refractivity (Wildman–Crippen MR) is 67.1 cm³/mol. The smallest absolute Gasteiger partial charge is 0.233 e. The first kappa shape index (κ1) is 14.0. The molecule has 0 bridgehead atoms. The minimum absolute atomic E-state index is 0.0829. The summed E-state index contributed by atoms with van der Waals surface area (Å²) in [7, 11) is 0. The highest BCUT2D eigenvalue weighted by Crippen LogP contribution is 2.21. The van der Waals surface area contributed by atoms with E-state index in [2.05, 4.69) is 20.4 Å². The largest absolute Gasteiger partial charge is 0.409 e. The number of rotatable bonds is 6. The van der Waals surface area contributed by atoms with Crippen LogP contribution in [0.25, 0.3) is 0 Å². The highest BCUT2D eigenvalue weighted by Gasteiger charge is 2.36. The molecule has 18 heavy (non-hydrogen) atoms. The van der Waals surface area contributed by atoms with Gasteiger partial charge in [0.05, 0.1) is 0 Å². The van der Waals surface area contributed by atoms with E-state index in [0.717, 1.165) is 5.82 Å². The number of nitrogens with zero attached hydrogens (tertiary/aromatic N) is 2. The molecular weight excluding hydrogens is 234 g/mol. The second-order valence-corrected chi connectivity index (χ2v) is 4.21. The lowest BCUT2D eigenvalue weighted by Crippen LogP contribution is -2.48. The Morgan fingerprint density at radius 3 is 2.94 bits per heavy atom. The first-order valence-electron chi connectivity index (χ1n) is 5.79. The molecule has 1 aromatic heterocycles. The number of aromatic amines is 1. The molecule has 1 heterocycles. The molecule has 1 amide bonds. The number of aromatic nitrogens is 2. The molecule has 0 radical (unpaired) electrons. The van der Waals surface area contributed by atoms with Gasteiger partial charge >= 0.3 is 0 Å². The molecule has 7 heteroatoms. The number of oxime groups is 1. The van der Waals surface area contributed by atoms with Gasteiger partial charge in [-0.05, 0) is 13.3 Å². The maximum absolute atomic E-state index is 12.0. The average molecular weight is 253 g/mol. The summed E-state index contributed by atoms with van der Waals surface area (Å²) in [4.78, 5) is 19.0. The van der Waals surface area contributed by atoms with Crippen LogP contribution in [0.1, 0.15) is 26.1 Å². The van der Waals surface area contributed by atoms with Crippen molar-refractivity contribution >= 4 is 11.7 Å². The van der Waals surface area contributed by atoms with Gasteiger partial charge in [0, 0.05) is 25.4 Å². The molecule has 5 N–H and O–H groups in total. The number of imidazole rings is 1. The van der Waals surface area contributed by atoms with Gasteiger partial charge in [-0.25, -0.2) is 4.98 Å². The van der Waals surface area contributed by atoms with Crippen molar-refractivity contribution < 1.29 is 10.0 Å². The van der Waals surface area contributed by atoms with Crippen LogP contribution in [0.5, 0.6) is 0 Å². The zero-order chi connectivity index (χ0) is 13.6. The first-order valence-corrected chi connectivity index (χ1v) is 5.79. The molecule has 0 spiro atoms. The minimum atomic E-state index is -0.988. The van der Waals surface area contributed by atoms with Gasteiger partial charge in [-0.2, -0.15) is 0 Å². The maximum atomic E-state index is 12.0. The van der Waals surface area contributed by atoms with Crippen LogP contribution < -0.4 is 11.1 Å². The van der Waals surface area contributed by atoms with Crippen LogP contribution in [0, 0.1) is 5.41 Å². The topological polar surface area (TPSA) is 116 Å². The normalized spacial score (nSPS) is 15.1. The highest BCUT2D eigenvalue weighted by molar-refractivity contribution is 6.06. The summed E-state index contributed by atoms with van der Waals surface area (Å²) in [5, 5.41) is 14.4. The molecule has 1 unspecified atom stereocenters. The van der Waals surface area contributed by atoms with E-state index in [1.165, 1.54) is 0 Å². The van der Waals surface area contributed by atoms with Gasteiger partial charge in [-0.3, -0.25) is 4.79 Å². The molecule has 0 fully saturated rings. The zero-order valence-corrected chi connectivity index (χ0v) is 10.6. The second kappa shape index (κ2) is 6.04. The van der Waals surface area contributed by atoms with E-state index in [9.17, 15) is 4.79 Å². The van der Waals surface area contributed by atoms with E-state index in [4.69, 9.17) is 10.9 Å². The summed E-state index contributed by atoms with van der Waals surface area (Å²) >= 11 is 0. The second-order valence-electron chi connectivity index (χ2n) is 4.21. The fourth-order valence-corrected chi connectivity index (χ4v) is 1.49. The first-order chi connectivity index (χ1) is 8.54. The predicted octanol–water partition coefficient (Wildman–Crippen LogP) is 0.231. The van der Waals surface area contributed by atoms with Crippen LogP contribution in [0.15, 0.2) is 17.5 Å². The van der Waals surface area contributed by atoms with Gasteiger partial charge in [0.15, 0.2) is 5.84 Å². The standard InChI is InChI=1S/C11H19N5O2/c1-3-11(2,9(12)16-18)10(17)15-5-4-8-13-6-7-14-8/h6-7,18H,3-5H2,1-2H3,(H2,12,16)(H,13,14)(H,15,17). The van der Waals surface area contributed by atoms with Gasteiger partial charge in [-0.1, -0.05) is 12.1 Å². The molecule has 0 aliphatic carbocycles. The van der Waals surface area contributed by atoms with Gasteiger partial charge in [0.1, 0.15) is 11.2 Å². The van der Waals surface area contributed by atoms with Crippen LogP contribution in [-0.4, -0.2) is 33.5 Å². The Labute approximate surface area is 105 Å². The summed E-state index contributed by atoms with van der Waals surface area (Å²) in [6, 6.07) is 0. The number of nitrogens with one attached hydrogen (secondary N) is 2. The van der Waals surface area contributed by atoms with E-state index >= 15 is 0 Å². The lowest BCUT2D eigenvalue weighted by molar-refractivity contribution is -0.127. The molecule has 0 aromatic carbocycles. The van der Waals surface area contributed by atoms with Crippen molar-refractivity contribution in [1.29, 1.82) is 0 Å². The molecule has 1 rings (SSSR count). The lowest BCUT2D eigenvalue weighted by Gasteiger charge is -2.25. The van der Waals surface area contributed by atoms with Crippen molar-refractivity contribution in [2.24, 2.45) is 16.3 Å². The van der Waals surface area contributed by atoms with Crippen molar-refractivity contribution in [2.45, 2.75) is 26.7 Å². The number of hydrogen-bond donors (Lipinski definition) is 4. The van der Waals surface area contributed by atoms with Crippen LogP contribution in [0.4, 0.5) is 0 Å². The van der Waals surface area contributed by atoms with Crippen molar-refractivity contribution in [2.75, 3.05) is 6.54 Å². The average Bonchev–Trinajstić information content (AvgIpc) is 2.89. The molecule has 100 valence electrons. The summed E-state index contributed by atoms with van der Waals surface area (Å²) in [5.41, 5.74) is 4.56. The third-order valence-electron chi connectivity index (χ3n) is 3.08. The van der Waals surface area contributed by atoms with Crippen LogP contribution >= 0.6 is 0 Å². The van der Waals surface area contributed by atoms with Crippen LogP contribution in [-0.2, 0) is 11.2 Å². The third kappa shape index (κ3) is 2.99. The highest BCUT2D eigenvalue weighted by atomic mass is 16.4. The Balaban J connectivity index is 2.53. The molecule has 0 aliphatic heterocycles. The molecule has 1 atom stereocenters. The molecular formula is C11H19N5O2. The molecule has 0 aliphatic rings. The zero-order valence-electron chi connectivity index (χ0n) is 10.6. The van der Waals surface area contributed by atoms with Crippen molar-refractivity contribution in [3.05, 3.63) is 18.2 Å². The van der Waals surface area contributed by atoms with Crippen molar-refractivity contribution in [3.8, 4) is 0 Å². The van der Waals surface area contributed by atoms with Gasteiger partial charge in [0.25, 0.3) is 0 Å². The quantitative estimate of drug-likeness (QED) is 0.251. The Morgan fingerprint density at radius 1 is 1.72 bits per heavy atom. The van der Waals surface area contributed by atoms with Gasteiger partial charge < -0.3 is 21.2 Å².